The molecule has 8 nitrogen and oxygen atoms in total. The molecule has 2 aliphatic rings. The van der Waals surface area contributed by atoms with E-state index in [1.165, 1.54) is 6.92 Å². The highest BCUT2D eigenvalue weighted by molar-refractivity contribution is 5.95. The molecule has 8 heteroatoms. The van der Waals surface area contributed by atoms with Crippen LogP contribution in [0.1, 0.15) is 46.4 Å². The van der Waals surface area contributed by atoms with Crippen molar-refractivity contribution in [3.63, 3.8) is 0 Å². The number of ketones is 1. The summed E-state index contributed by atoms with van der Waals surface area (Å²) in [6.07, 6.45) is 1.32. The number of aryl methyl sites for hydroxylation is 1. The van der Waals surface area contributed by atoms with Crippen molar-refractivity contribution in [2.45, 2.75) is 32.5 Å². The van der Waals surface area contributed by atoms with Crippen molar-refractivity contribution in [2.75, 3.05) is 31.6 Å². The highest BCUT2D eigenvalue weighted by Crippen LogP contribution is 2.31. The summed E-state index contributed by atoms with van der Waals surface area (Å²) in [5.41, 5.74) is 1.67. The first-order chi connectivity index (χ1) is 13.9. The minimum absolute atomic E-state index is 0.0125. The number of hydrogen-bond donors (Lipinski definition) is 1. The van der Waals surface area contributed by atoms with E-state index in [0.717, 1.165) is 5.69 Å². The summed E-state index contributed by atoms with van der Waals surface area (Å²) in [5, 5.41) is 3.16. The molecular weight excluding hydrogens is 372 g/mol. The highest BCUT2D eigenvalue weighted by Gasteiger charge is 2.41. The number of ether oxygens (including phenoxy) is 2. The molecule has 29 heavy (non-hydrogen) atoms. The second kappa shape index (κ2) is 7.88. The van der Waals surface area contributed by atoms with Gasteiger partial charge in [0.2, 0.25) is 0 Å². The molecule has 2 saturated heterocycles. The molecule has 1 N–H and O–H groups in total. The lowest BCUT2D eigenvalue weighted by atomic mass is 10.0. The van der Waals surface area contributed by atoms with Crippen molar-refractivity contribution in [3.05, 3.63) is 47.4 Å². The van der Waals surface area contributed by atoms with E-state index in [4.69, 9.17) is 9.47 Å². The van der Waals surface area contributed by atoms with E-state index in [9.17, 15) is 9.59 Å². The number of anilines is 2. The zero-order valence-corrected chi connectivity index (χ0v) is 16.6. The van der Waals surface area contributed by atoms with Gasteiger partial charge in [-0.25, -0.2) is 9.97 Å². The zero-order valence-electron chi connectivity index (χ0n) is 16.6. The predicted octanol–water partition coefficient (Wildman–Crippen LogP) is 2.71. The lowest BCUT2D eigenvalue weighted by Gasteiger charge is -2.37. The number of amides is 1. The first-order valence-corrected chi connectivity index (χ1v) is 9.75. The summed E-state index contributed by atoms with van der Waals surface area (Å²) in [5.74, 6) is 0.340. The fourth-order valence-corrected chi connectivity index (χ4v) is 3.70. The Hall–Kier alpha value is -2.84. The van der Waals surface area contributed by atoms with Gasteiger partial charge in [0.05, 0.1) is 13.2 Å². The summed E-state index contributed by atoms with van der Waals surface area (Å²) < 4.78 is 11.5. The largest absolute Gasteiger partial charge is 0.347 e. The monoisotopic (exact) mass is 396 g/mol. The second-order valence-electron chi connectivity index (χ2n) is 7.35. The van der Waals surface area contributed by atoms with Gasteiger partial charge in [0.1, 0.15) is 17.3 Å². The number of nitrogens with one attached hydrogen (secondary N) is 1. The number of benzene rings is 1. The van der Waals surface area contributed by atoms with Crippen LogP contribution >= 0.6 is 0 Å². The summed E-state index contributed by atoms with van der Waals surface area (Å²) in [6, 6.07) is 8.80. The Kier molecular flexibility index (Phi) is 5.29. The third-order valence-electron chi connectivity index (χ3n) is 5.22. The molecule has 0 aliphatic carbocycles. The van der Waals surface area contributed by atoms with Crippen LogP contribution in [0.3, 0.4) is 0 Å². The van der Waals surface area contributed by atoms with E-state index in [1.54, 1.807) is 36.1 Å². The maximum Gasteiger partial charge on any atom is 0.272 e. The molecule has 1 aromatic carbocycles. The van der Waals surface area contributed by atoms with E-state index in [2.05, 4.69) is 15.3 Å². The summed E-state index contributed by atoms with van der Waals surface area (Å²) in [4.78, 5) is 35.1. The Morgan fingerprint density at radius 1 is 1.10 bits per heavy atom. The Morgan fingerprint density at radius 3 is 2.52 bits per heavy atom. The van der Waals surface area contributed by atoms with E-state index >= 15 is 0 Å². The van der Waals surface area contributed by atoms with Gasteiger partial charge in [0.15, 0.2) is 11.6 Å². The molecule has 2 aliphatic heterocycles. The number of likely N-dealkylation sites (tertiary alicyclic amines) is 1. The highest BCUT2D eigenvalue weighted by atomic mass is 16.7. The van der Waals surface area contributed by atoms with E-state index in [0.29, 0.717) is 62.0 Å². The standard InChI is InChI=1S/C21H24N4O4/c1-14(26)16-4-3-5-17(12-16)24-19-13-18(22-15(2)23-19)20(27)25-8-6-21(7-9-25)28-10-11-29-21/h3-5,12-13H,6-11H2,1-2H3,(H,22,23,24). The molecule has 0 bridgehead atoms. The Balaban J connectivity index is 1.49. The lowest BCUT2D eigenvalue weighted by Crippen LogP contribution is -2.47. The van der Waals surface area contributed by atoms with Gasteiger partial charge in [-0.05, 0) is 26.0 Å². The molecule has 152 valence electrons. The number of nitrogens with zero attached hydrogens (tertiary/aromatic N) is 3. The van der Waals surface area contributed by atoms with Gasteiger partial charge >= 0.3 is 0 Å². The van der Waals surface area contributed by atoms with Crippen LogP contribution in [-0.4, -0.2) is 58.6 Å². The zero-order chi connectivity index (χ0) is 20.4. The Bertz CT molecular complexity index is 930. The molecule has 3 heterocycles. The third-order valence-corrected chi connectivity index (χ3v) is 5.22. The van der Waals surface area contributed by atoms with Gasteiger partial charge in [0, 0.05) is 43.2 Å². The van der Waals surface area contributed by atoms with E-state index in [-0.39, 0.29) is 11.7 Å². The molecule has 1 spiro atoms. The van der Waals surface area contributed by atoms with Crippen LogP contribution in [-0.2, 0) is 9.47 Å². The number of piperidine rings is 1. The molecule has 1 aromatic heterocycles. The van der Waals surface area contributed by atoms with Crippen molar-refractivity contribution in [1.29, 1.82) is 0 Å². The van der Waals surface area contributed by atoms with Crippen LogP contribution in [0.2, 0.25) is 0 Å². The Labute approximate surface area is 169 Å². The maximum atomic E-state index is 13.0. The van der Waals surface area contributed by atoms with Crippen LogP contribution in [0, 0.1) is 6.92 Å². The van der Waals surface area contributed by atoms with Gasteiger partial charge in [-0.3, -0.25) is 9.59 Å². The van der Waals surface area contributed by atoms with Crippen LogP contribution in [0.5, 0.6) is 0 Å². The first-order valence-electron chi connectivity index (χ1n) is 9.75. The van der Waals surface area contributed by atoms with Crippen LogP contribution in [0.15, 0.2) is 30.3 Å². The van der Waals surface area contributed by atoms with Gasteiger partial charge in [-0.15, -0.1) is 0 Å². The van der Waals surface area contributed by atoms with Gasteiger partial charge < -0.3 is 19.7 Å². The molecule has 0 radical (unpaired) electrons. The van der Waals surface area contributed by atoms with Gasteiger partial charge in [-0.1, -0.05) is 12.1 Å². The Morgan fingerprint density at radius 2 is 1.83 bits per heavy atom. The van der Waals surface area contributed by atoms with E-state index < -0.39 is 5.79 Å². The van der Waals surface area contributed by atoms with Crippen LogP contribution < -0.4 is 5.32 Å². The summed E-state index contributed by atoms with van der Waals surface area (Å²) in [7, 11) is 0. The molecule has 0 atom stereocenters. The fraction of sp³-hybridized carbons (Fsp3) is 0.429. The van der Waals surface area contributed by atoms with Crippen LogP contribution in [0.4, 0.5) is 11.5 Å². The number of rotatable bonds is 4. The molecule has 0 unspecified atom stereocenters. The van der Waals surface area contributed by atoms with Crippen LogP contribution in [0.25, 0.3) is 0 Å². The van der Waals surface area contributed by atoms with Gasteiger partial charge in [-0.2, -0.15) is 0 Å². The molecule has 1 amide bonds. The molecule has 4 rings (SSSR count). The minimum atomic E-state index is -0.521. The normalized spacial score (nSPS) is 18.1. The quantitative estimate of drug-likeness (QED) is 0.794. The smallest absolute Gasteiger partial charge is 0.272 e. The van der Waals surface area contributed by atoms with Crippen molar-refractivity contribution in [3.8, 4) is 0 Å². The van der Waals surface area contributed by atoms with E-state index in [1.807, 2.05) is 6.07 Å². The number of Topliss-reactive ketones (excluding diaryl/α,β-unsaturated/α-hetero) is 1. The number of hydrogen-bond acceptors (Lipinski definition) is 7. The maximum absolute atomic E-state index is 13.0. The first kappa shape index (κ1) is 19.5. The van der Waals surface area contributed by atoms with Crippen molar-refractivity contribution >= 4 is 23.2 Å². The third kappa shape index (κ3) is 4.28. The SMILES string of the molecule is CC(=O)c1cccc(Nc2cc(C(=O)N3CCC4(CC3)OCCO4)nc(C)n2)c1. The number of carbonyl (C=O) groups is 2. The molecule has 2 aromatic rings. The number of carbonyl (C=O) groups excluding carboxylic acids is 2. The van der Waals surface area contributed by atoms with Gasteiger partial charge in [0.25, 0.3) is 5.91 Å². The van der Waals surface area contributed by atoms with Crippen molar-refractivity contribution in [2.24, 2.45) is 0 Å². The average molecular weight is 396 g/mol. The molecule has 2 fully saturated rings. The molecular formula is C21H24N4O4. The average Bonchev–Trinajstić information content (AvgIpc) is 3.16. The topological polar surface area (TPSA) is 93.7 Å². The molecule has 0 saturated carbocycles. The van der Waals surface area contributed by atoms with Crippen molar-refractivity contribution < 1.29 is 19.1 Å². The number of aromatic nitrogens is 2. The summed E-state index contributed by atoms with van der Waals surface area (Å²) >= 11 is 0. The minimum Gasteiger partial charge on any atom is -0.347 e. The fourth-order valence-electron chi connectivity index (χ4n) is 3.70. The second-order valence-corrected chi connectivity index (χ2v) is 7.35. The lowest BCUT2D eigenvalue weighted by molar-refractivity contribution is -0.181. The predicted molar refractivity (Wildman–Crippen MR) is 106 cm³/mol. The van der Waals surface area contributed by atoms with Crippen molar-refractivity contribution in [1.82, 2.24) is 14.9 Å². The summed E-state index contributed by atoms with van der Waals surface area (Å²) in [6.45, 7) is 5.61.